The standard InChI is InChI=1S/C3H7NO2.3Na.3H/c1-2(5)3(4)6;;;;;;/h2,5H,1H3,(H2,4,6);;;;;;/q;3*+1;3*-1. The second-order valence-electron chi connectivity index (χ2n) is 1.08. The average Bonchev–Trinajstić information content (AvgIpc) is 1.36. The van der Waals surface area contributed by atoms with E-state index in [2.05, 4.69) is 5.73 Å². The maximum atomic E-state index is 9.67. The molecule has 1 unspecified atom stereocenters. The first kappa shape index (κ1) is 22.5. The summed E-state index contributed by atoms with van der Waals surface area (Å²) in [5, 5.41) is 8.16. The zero-order chi connectivity index (χ0) is 5.15. The summed E-state index contributed by atoms with van der Waals surface area (Å²) in [6.07, 6.45) is -1.01. The van der Waals surface area contributed by atoms with E-state index in [0.29, 0.717) is 0 Å². The van der Waals surface area contributed by atoms with Crippen molar-refractivity contribution in [1.29, 1.82) is 0 Å². The Morgan fingerprint density at radius 2 is 1.67 bits per heavy atom. The number of amides is 1. The van der Waals surface area contributed by atoms with Crippen molar-refractivity contribution >= 4 is 5.91 Å². The summed E-state index contributed by atoms with van der Waals surface area (Å²) >= 11 is 0. The minimum Gasteiger partial charge on any atom is -1.00 e. The van der Waals surface area contributed by atoms with Crippen molar-refractivity contribution in [2.75, 3.05) is 0 Å². The van der Waals surface area contributed by atoms with E-state index in [1.165, 1.54) is 6.92 Å². The van der Waals surface area contributed by atoms with Gasteiger partial charge in [-0.05, 0) is 6.92 Å². The van der Waals surface area contributed by atoms with Gasteiger partial charge in [0.25, 0.3) is 0 Å². The van der Waals surface area contributed by atoms with Crippen LogP contribution in [0.25, 0.3) is 0 Å². The molecule has 0 aromatic rings. The first-order valence-corrected chi connectivity index (χ1v) is 1.62. The largest absolute Gasteiger partial charge is 1.00 e. The Labute approximate surface area is 125 Å². The van der Waals surface area contributed by atoms with E-state index in [1.54, 1.807) is 0 Å². The van der Waals surface area contributed by atoms with Gasteiger partial charge >= 0.3 is 88.7 Å². The van der Waals surface area contributed by atoms with Gasteiger partial charge in [-0.3, -0.25) is 4.79 Å². The Hall–Kier alpha value is 2.43. The first-order chi connectivity index (χ1) is 2.64. The van der Waals surface area contributed by atoms with Gasteiger partial charge in [-0.2, -0.15) is 0 Å². The first-order valence-electron chi connectivity index (χ1n) is 1.62. The molecule has 1 amide bonds. The normalized spacial score (nSPS) is 9.11. The molecule has 0 aliphatic heterocycles. The molecule has 0 bridgehead atoms. The van der Waals surface area contributed by atoms with Crippen molar-refractivity contribution < 1.29 is 103 Å². The van der Waals surface area contributed by atoms with E-state index in [9.17, 15) is 4.79 Å². The molecule has 1 atom stereocenters. The minimum absolute atomic E-state index is 0. The van der Waals surface area contributed by atoms with E-state index in [1.807, 2.05) is 0 Å². The van der Waals surface area contributed by atoms with Crippen molar-refractivity contribution in [2.24, 2.45) is 5.73 Å². The van der Waals surface area contributed by atoms with Crippen LogP contribution in [-0.4, -0.2) is 17.1 Å². The van der Waals surface area contributed by atoms with Gasteiger partial charge in [0, 0.05) is 0 Å². The molecule has 0 spiro atoms. The molecule has 0 aliphatic carbocycles. The fraction of sp³-hybridized carbons (Fsp3) is 0.667. The number of rotatable bonds is 1. The van der Waals surface area contributed by atoms with Gasteiger partial charge in [0.1, 0.15) is 6.10 Å². The van der Waals surface area contributed by atoms with Crippen LogP contribution < -0.4 is 94.4 Å². The molecule has 0 aromatic carbocycles. The molecule has 6 heteroatoms. The number of carbonyl (C=O) groups excluding carboxylic acids is 1. The summed E-state index contributed by atoms with van der Waals surface area (Å²) in [7, 11) is 0. The van der Waals surface area contributed by atoms with Crippen molar-refractivity contribution in [2.45, 2.75) is 13.0 Å². The minimum atomic E-state index is -1.01. The quantitative estimate of drug-likeness (QED) is 0.375. The van der Waals surface area contributed by atoms with Crippen LogP contribution in [-0.2, 0) is 4.79 Å². The zero-order valence-electron chi connectivity index (χ0n) is 9.51. The van der Waals surface area contributed by atoms with Gasteiger partial charge in [0.2, 0.25) is 5.91 Å². The molecule has 0 aromatic heterocycles. The number of nitrogens with two attached hydrogens (primary N) is 1. The average molecular weight is 161 g/mol. The van der Waals surface area contributed by atoms with Crippen LogP contribution in [0.5, 0.6) is 0 Å². The molecule has 0 fully saturated rings. The van der Waals surface area contributed by atoms with Crippen LogP contribution >= 0.6 is 0 Å². The van der Waals surface area contributed by atoms with E-state index >= 15 is 0 Å². The van der Waals surface area contributed by atoms with Crippen molar-refractivity contribution in [3.05, 3.63) is 0 Å². The second-order valence-corrected chi connectivity index (χ2v) is 1.08. The Bertz CT molecular complexity index is 77.8. The monoisotopic (exact) mass is 161 g/mol. The third-order valence-corrected chi connectivity index (χ3v) is 0.412. The smallest absolute Gasteiger partial charge is 1.00 e. The number of hydrogen-bond acceptors (Lipinski definition) is 2. The third-order valence-electron chi connectivity index (χ3n) is 0.412. The number of hydrogen-bond donors (Lipinski definition) is 2. The second kappa shape index (κ2) is 13.1. The molecule has 0 saturated carbocycles. The number of aliphatic hydroxyl groups excluding tert-OH is 1. The SMILES string of the molecule is CC(O)C(N)=O.[H-].[H-].[H-].[Na+].[Na+].[Na+]. The summed E-state index contributed by atoms with van der Waals surface area (Å²) in [5.74, 6) is -0.685. The molecule has 3 nitrogen and oxygen atoms in total. The van der Waals surface area contributed by atoms with Gasteiger partial charge in [0.05, 0.1) is 0 Å². The molecular formula is C3H10NNa3O2. The third kappa shape index (κ3) is 17.9. The molecule has 0 heterocycles. The molecular weight excluding hydrogens is 151 g/mol. The van der Waals surface area contributed by atoms with E-state index < -0.39 is 12.0 Å². The van der Waals surface area contributed by atoms with Crippen LogP contribution in [0.15, 0.2) is 0 Å². The fourth-order valence-electron chi connectivity index (χ4n) is 0. The number of aliphatic hydroxyl groups is 1. The predicted octanol–water partition coefficient (Wildman–Crippen LogP) is -9.80. The summed E-state index contributed by atoms with van der Waals surface area (Å²) in [4.78, 5) is 9.67. The van der Waals surface area contributed by atoms with Gasteiger partial charge in [-0.25, -0.2) is 0 Å². The predicted molar refractivity (Wildman–Crippen MR) is 24.2 cm³/mol. The Balaban J connectivity index is -0.00000000833. The molecule has 0 saturated heterocycles. The Morgan fingerprint density at radius 3 is 1.67 bits per heavy atom. The fourth-order valence-corrected chi connectivity index (χ4v) is 0. The van der Waals surface area contributed by atoms with Crippen LogP contribution in [0.3, 0.4) is 0 Å². The number of primary amides is 1. The summed E-state index contributed by atoms with van der Waals surface area (Å²) in [6, 6.07) is 0. The topological polar surface area (TPSA) is 63.3 Å². The van der Waals surface area contributed by atoms with Gasteiger partial charge in [-0.15, -0.1) is 0 Å². The molecule has 0 radical (unpaired) electrons. The molecule has 0 rings (SSSR count). The molecule has 0 aliphatic rings. The maximum Gasteiger partial charge on any atom is 1.00 e. The summed E-state index contributed by atoms with van der Waals surface area (Å²) < 4.78 is 0. The van der Waals surface area contributed by atoms with Crippen LogP contribution in [0.1, 0.15) is 11.2 Å². The van der Waals surface area contributed by atoms with Gasteiger partial charge in [-0.1, -0.05) is 0 Å². The maximum absolute atomic E-state index is 9.67. The summed E-state index contributed by atoms with van der Waals surface area (Å²) in [5.41, 5.74) is 4.55. The Kier molecular flexibility index (Phi) is 32.7. The molecule has 3 N–H and O–H groups in total. The van der Waals surface area contributed by atoms with Crippen LogP contribution in [0.2, 0.25) is 0 Å². The van der Waals surface area contributed by atoms with Crippen LogP contribution in [0.4, 0.5) is 0 Å². The van der Waals surface area contributed by atoms with E-state index in [4.69, 9.17) is 5.11 Å². The van der Waals surface area contributed by atoms with Crippen molar-refractivity contribution in [3.8, 4) is 0 Å². The van der Waals surface area contributed by atoms with Gasteiger partial charge < -0.3 is 15.1 Å². The zero-order valence-corrected chi connectivity index (χ0v) is 12.5. The summed E-state index contributed by atoms with van der Waals surface area (Å²) in [6.45, 7) is 1.32. The Morgan fingerprint density at radius 1 is 1.56 bits per heavy atom. The van der Waals surface area contributed by atoms with E-state index in [-0.39, 0.29) is 93.0 Å². The van der Waals surface area contributed by atoms with Crippen molar-refractivity contribution in [1.82, 2.24) is 0 Å². The van der Waals surface area contributed by atoms with Crippen LogP contribution in [0, 0.1) is 0 Å². The van der Waals surface area contributed by atoms with Gasteiger partial charge in [0.15, 0.2) is 0 Å². The molecule has 9 heavy (non-hydrogen) atoms. The molecule has 42 valence electrons. The van der Waals surface area contributed by atoms with E-state index in [0.717, 1.165) is 0 Å². The van der Waals surface area contributed by atoms with Crippen molar-refractivity contribution in [3.63, 3.8) is 0 Å². The number of carbonyl (C=O) groups is 1.